The van der Waals surface area contributed by atoms with E-state index in [0.29, 0.717) is 0 Å². The zero-order valence-electron chi connectivity index (χ0n) is 21.0. The van der Waals surface area contributed by atoms with Gasteiger partial charge in [-0.25, -0.2) is 9.59 Å². The van der Waals surface area contributed by atoms with Gasteiger partial charge in [0, 0.05) is 17.2 Å². The zero-order chi connectivity index (χ0) is 26.9. The first-order chi connectivity index (χ1) is 16.8. The minimum absolute atomic E-state index is 0.0159. The molecular formula is C27H31NO8. The second-order valence-corrected chi connectivity index (χ2v) is 9.68. The first-order valence-corrected chi connectivity index (χ1v) is 11.6. The van der Waals surface area contributed by atoms with Crippen LogP contribution in [0.25, 0.3) is 0 Å². The zero-order valence-corrected chi connectivity index (χ0v) is 21.0. The van der Waals surface area contributed by atoms with E-state index in [4.69, 9.17) is 4.74 Å². The number of aromatic hydroxyl groups is 3. The molecule has 1 amide bonds. The predicted octanol–water partition coefficient (Wildman–Crippen LogP) is 4.29. The van der Waals surface area contributed by atoms with Crippen molar-refractivity contribution in [2.75, 3.05) is 0 Å². The number of aryl methyl sites for hydroxylation is 1. The van der Waals surface area contributed by atoms with Gasteiger partial charge in [0.25, 0.3) is 5.91 Å². The number of carbonyl (C=O) groups excluding carboxylic acids is 2. The minimum Gasteiger partial charge on any atom is -0.508 e. The number of fused-ring (bicyclic) bond motifs is 1. The van der Waals surface area contributed by atoms with Gasteiger partial charge in [-0.3, -0.25) is 4.79 Å². The van der Waals surface area contributed by atoms with Crippen molar-refractivity contribution in [1.82, 2.24) is 4.90 Å². The molecule has 2 aromatic carbocycles. The lowest BCUT2D eigenvalue weighted by molar-refractivity contribution is -0.143. The second-order valence-electron chi connectivity index (χ2n) is 9.68. The highest BCUT2D eigenvalue weighted by Gasteiger charge is 2.39. The Balaban J connectivity index is 2.09. The van der Waals surface area contributed by atoms with Crippen LogP contribution in [-0.2, 0) is 17.8 Å². The van der Waals surface area contributed by atoms with Crippen molar-refractivity contribution in [3.05, 3.63) is 57.7 Å². The van der Waals surface area contributed by atoms with Crippen LogP contribution >= 0.6 is 0 Å². The summed E-state index contributed by atoms with van der Waals surface area (Å²) in [6.45, 7) is 8.87. The Morgan fingerprint density at radius 3 is 2.36 bits per heavy atom. The number of esters is 1. The van der Waals surface area contributed by atoms with E-state index < -0.39 is 29.6 Å². The fraction of sp³-hybridized carbons (Fsp3) is 0.370. The summed E-state index contributed by atoms with van der Waals surface area (Å²) < 4.78 is 5.57. The van der Waals surface area contributed by atoms with Crippen molar-refractivity contribution >= 4 is 17.8 Å². The average molecular weight is 498 g/mol. The van der Waals surface area contributed by atoms with Gasteiger partial charge in [0.15, 0.2) is 0 Å². The number of ether oxygens (including phenoxy) is 1. The number of hydrogen-bond acceptors (Lipinski definition) is 7. The normalized spacial score (nSPS) is 13.5. The number of carboxylic acids is 1. The largest absolute Gasteiger partial charge is 0.508 e. The van der Waals surface area contributed by atoms with E-state index in [9.17, 15) is 34.8 Å². The van der Waals surface area contributed by atoms with E-state index >= 15 is 0 Å². The fourth-order valence-electron chi connectivity index (χ4n) is 4.30. The molecule has 0 fully saturated rings. The summed E-state index contributed by atoms with van der Waals surface area (Å²) in [6, 6.07) is 2.57. The van der Waals surface area contributed by atoms with Gasteiger partial charge in [0.2, 0.25) is 0 Å². The number of benzene rings is 2. The number of rotatable bonds is 8. The van der Waals surface area contributed by atoms with Crippen molar-refractivity contribution in [1.29, 1.82) is 0 Å². The third-order valence-electron chi connectivity index (χ3n) is 6.07. The molecule has 1 aliphatic rings. The van der Waals surface area contributed by atoms with E-state index in [-0.39, 0.29) is 70.4 Å². The summed E-state index contributed by atoms with van der Waals surface area (Å²) in [5.74, 6) is -3.66. The summed E-state index contributed by atoms with van der Waals surface area (Å²) in [5, 5.41) is 40.7. The summed E-state index contributed by atoms with van der Waals surface area (Å²) in [4.78, 5) is 39.4. The molecule has 0 unspecified atom stereocenters. The summed E-state index contributed by atoms with van der Waals surface area (Å²) in [6.07, 6.45) is 2.24. The Labute approximate surface area is 209 Å². The van der Waals surface area contributed by atoms with Crippen LogP contribution in [0.1, 0.15) is 71.5 Å². The third-order valence-corrected chi connectivity index (χ3v) is 6.07. The number of aliphatic carboxylic acids is 1. The molecule has 0 aromatic heterocycles. The van der Waals surface area contributed by atoms with E-state index in [1.807, 2.05) is 33.8 Å². The van der Waals surface area contributed by atoms with Crippen LogP contribution in [0.2, 0.25) is 0 Å². The molecule has 0 saturated carbocycles. The van der Waals surface area contributed by atoms with Crippen LogP contribution in [0.4, 0.5) is 0 Å². The molecule has 9 nitrogen and oxygen atoms in total. The van der Waals surface area contributed by atoms with Crippen molar-refractivity contribution in [2.24, 2.45) is 5.92 Å². The maximum absolute atomic E-state index is 13.2. The second kappa shape index (κ2) is 10.3. The molecule has 0 bridgehead atoms. The predicted molar refractivity (Wildman–Crippen MR) is 131 cm³/mol. The van der Waals surface area contributed by atoms with E-state index in [0.717, 1.165) is 11.6 Å². The molecule has 1 heterocycles. The molecule has 0 saturated heterocycles. The lowest BCUT2D eigenvalue weighted by Crippen LogP contribution is -2.42. The average Bonchev–Trinajstić information content (AvgIpc) is 3.07. The Kier molecular flexibility index (Phi) is 7.62. The molecular weight excluding hydrogens is 466 g/mol. The number of carboxylic acid groups (broad SMARTS) is 1. The Bertz CT molecular complexity index is 1230. The van der Waals surface area contributed by atoms with E-state index in [1.165, 1.54) is 24.0 Å². The van der Waals surface area contributed by atoms with Crippen molar-refractivity contribution in [3.63, 3.8) is 0 Å². The lowest BCUT2D eigenvalue weighted by atomic mass is 9.99. The number of nitrogens with zero attached hydrogens (tertiary/aromatic N) is 1. The number of amides is 1. The Morgan fingerprint density at radius 2 is 1.81 bits per heavy atom. The van der Waals surface area contributed by atoms with Gasteiger partial charge in [0.1, 0.15) is 34.6 Å². The van der Waals surface area contributed by atoms with Crippen molar-refractivity contribution < 1.29 is 39.5 Å². The van der Waals surface area contributed by atoms with Crippen LogP contribution < -0.4 is 4.74 Å². The monoisotopic (exact) mass is 497 g/mol. The molecule has 0 radical (unpaired) electrons. The van der Waals surface area contributed by atoms with Gasteiger partial charge in [-0.2, -0.15) is 0 Å². The van der Waals surface area contributed by atoms with Gasteiger partial charge in [-0.05, 0) is 57.2 Å². The van der Waals surface area contributed by atoms with Crippen LogP contribution in [0.5, 0.6) is 23.0 Å². The molecule has 4 N–H and O–H groups in total. The van der Waals surface area contributed by atoms with E-state index in [2.05, 4.69) is 0 Å². The van der Waals surface area contributed by atoms with Gasteiger partial charge in [-0.15, -0.1) is 0 Å². The number of phenolic OH excluding ortho intramolecular Hbond substituents is 3. The number of hydrogen-bond donors (Lipinski definition) is 4. The van der Waals surface area contributed by atoms with Gasteiger partial charge < -0.3 is 30.1 Å². The summed E-state index contributed by atoms with van der Waals surface area (Å²) >= 11 is 0. The maximum atomic E-state index is 13.2. The highest BCUT2D eigenvalue weighted by molar-refractivity contribution is 6.02. The van der Waals surface area contributed by atoms with Crippen molar-refractivity contribution in [2.45, 2.75) is 60.0 Å². The fourth-order valence-corrected chi connectivity index (χ4v) is 4.30. The number of allylic oxidation sites excluding steroid dienone is 2. The van der Waals surface area contributed by atoms with Gasteiger partial charge in [0.05, 0.1) is 12.1 Å². The maximum Gasteiger partial charge on any atom is 0.347 e. The van der Waals surface area contributed by atoms with Crippen LogP contribution in [-0.4, -0.2) is 49.2 Å². The molecule has 0 spiro atoms. The highest BCUT2D eigenvalue weighted by atomic mass is 16.5. The molecule has 36 heavy (non-hydrogen) atoms. The molecule has 192 valence electrons. The van der Waals surface area contributed by atoms with E-state index in [1.54, 1.807) is 0 Å². The quantitative estimate of drug-likeness (QED) is 0.240. The first-order valence-electron chi connectivity index (χ1n) is 11.6. The third kappa shape index (κ3) is 5.30. The first kappa shape index (κ1) is 26.6. The molecule has 2 aromatic rings. The minimum atomic E-state index is -1.14. The van der Waals surface area contributed by atoms with Crippen LogP contribution in [0.15, 0.2) is 29.8 Å². The van der Waals surface area contributed by atoms with Crippen LogP contribution in [0.3, 0.4) is 0 Å². The number of carbonyl (C=O) groups is 3. The molecule has 1 aliphatic heterocycles. The van der Waals surface area contributed by atoms with Gasteiger partial charge in [-0.1, -0.05) is 25.5 Å². The SMILES string of the molecule is CC(C)=CCc1c(OC(=O)c2c(C)cc(O)cc2O)cc2c(c1O)CN([C@H](CC(C)C)C(=O)O)C2=O. The molecule has 1 atom stereocenters. The topological polar surface area (TPSA) is 145 Å². The summed E-state index contributed by atoms with van der Waals surface area (Å²) in [5.41, 5.74) is 1.63. The lowest BCUT2D eigenvalue weighted by Gasteiger charge is -2.25. The Hall–Kier alpha value is -4.01. The summed E-state index contributed by atoms with van der Waals surface area (Å²) in [7, 11) is 0. The molecule has 9 heteroatoms. The Morgan fingerprint density at radius 1 is 1.14 bits per heavy atom. The molecule has 3 rings (SSSR count). The highest BCUT2D eigenvalue weighted by Crippen LogP contribution is 2.41. The standard InChI is InChI=1S/C27H31NO8/c1-13(2)6-7-17-22(36-27(35)23-15(5)9-16(29)10-21(23)30)11-18-19(24(17)31)12-28(25(18)32)20(26(33)34)8-14(3)4/h6,9-11,14,20,29-31H,7-8,12H2,1-5H3,(H,33,34)/t20-/m1/s1. The smallest absolute Gasteiger partial charge is 0.347 e. The molecule has 0 aliphatic carbocycles. The van der Waals surface area contributed by atoms with Gasteiger partial charge >= 0.3 is 11.9 Å². The van der Waals surface area contributed by atoms with Crippen molar-refractivity contribution in [3.8, 4) is 23.0 Å². The number of phenols is 3. The van der Waals surface area contributed by atoms with Crippen LogP contribution in [0, 0.1) is 12.8 Å².